The van der Waals surface area contributed by atoms with Crippen molar-refractivity contribution in [3.05, 3.63) is 57.6 Å². The Morgan fingerprint density at radius 3 is 2.32 bits per heavy atom. The van der Waals surface area contributed by atoms with E-state index in [1.807, 2.05) is 0 Å². The van der Waals surface area contributed by atoms with Crippen LogP contribution in [-0.4, -0.2) is 61.3 Å². The van der Waals surface area contributed by atoms with Crippen molar-refractivity contribution in [2.75, 3.05) is 34.5 Å². The Balaban J connectivity index is 2.18. The van der Waals surface area contributed by atoms with E-state index in [0.717, 1.165) is 0 Å². The van der Waals surface area contributed by atoms with Crippen LogP contribution in [0.15, 0.2) is 46.4 Å². The zero-order chi connectivity index (χ0) is 22.7. The van der Waals surface area contributed by atoms with Crippen LogP contribution in [0.3, 0.4) is 0 Å². The number of phenols is 1. The van der Waals surface area contributed by atoms with Crippen LogP contribution >= 0.6 is 15.9 Å². The Morgan fingerprint density at radius 2 is 1.74 bits per heavy atom. The van der Waals surface area contributed by atoms with Crippen LogP contribution < -0.4 is 9.47 Å². The van der Waals surface area contributed by atoms with Crippen molar-refractivity contribution < 1.29 is 34.0 Å². The molecular formula is C22H22BrNO7. The van der Waals surface area contributed by atoms with Gasteiger partial charge in [-0.05, 0) is 51.8 Å². The van der Waals surface area contributed by atoms with Gasteiger partial charge in [0.25, 0.3) is 11.7 Å². The van der Waals surface area contributed by atoms with Gasteiger partial charge in [0.1, 0.15) is 11.5 Å². The maximum atomic E-state index is 12.9. The highest BCUT2D eigenvalue weighted by atomic mass is 79.9. The summed E-state index contributed by atoms with van der Waals surface area (Å²) in [5.74, 6) is -1.26. The Labute approximate surface area is 187 Å². The van der Waals surface area contributed by atoms with E-state index in [0.29, 0.717) is 21.3 Å². The monoisotopic (exact) mass is 491 g/mol. The van der Waals surface area contributed by atoms with Gasteiger partial charge >= 0.3 is 0 Å². The number of amides is 1. The molecule has 2 N–H and O–H groups in total. The molecule has 1 atom stereocenters. The summed E-state index contributed by atoms with van der Waals surface area (Å²) in [4.78, 5) is 27.0. The van der Waals surface area contributed by atoms with E-state index >= 15 is 0 Å². The van der Waals surface area contributed by atoms with Gasteiger partial charge in [-0.2, -0.15) is 0 Å². The molecule has 1 fully saturated rings. The smallest absolute Gasteiger partial charge is 0.295 e. The van der Waals surface area contributed by atoms with E-state index in [2.05, 4.69) is 15.9 Å². The number of hydrogen-bond donors (Lipinski definition) is 2. The number of halogens is 1. The number of ketones is 1. The van der Waals surface area contributed by atoms with Crippen LogP contribution in [0.25, 0.3) is 5.76 Å². The molecule has 8 nitrogen and oxygen atoms in total. The predicted octanol–water partition coefficient (Wildman–Crippen LogP) is 3.24. The molecule has 0 aliphatic carbocycles. The standard InChI is InChI=1S/C22H22BrNO7/c1-29-9-8-24-19(12-4-7-17(31-3)15(25)11-12)18(21(27)22(24)28)20(26)13-5-6-16(30-2)14(23)10-13/h4-7,10-11,19,25-26H,8-9H2,1-3H3/b20-18-. The minimum atomic E-state index is -0.909. The quantitative estimate of drug-likeness (QED) is 0.347. The number of benzene rings is 2. The average molecular weight is 492 g/mol. The number of hydrogen-bond acceptors (Lipinski definition) is 7. The SMILES string of the molecule is COCCN1C(=O)C(=O)/C(=C(\O)c2ccc(OC)c(Br)c2)C1c1ccc(OC)c(O)c1. The molecule has 0 radical (unpaired) electrons. The van der Waals surface area contributed by atoms with Gasteiger partial charge in [0.15, 0.2) is 11.5 Å². The van der Waals surface area contributed by atoms with E-state index in [4.69, 9.17) is 14.2 Å². The molecule has 1 amide bonds. The van der Waals surface area contributed by atoms with Crippen LogP contribution in [0.5, 0.6) is 17.2 Å². The van der Waals surface area contributed by atoms with Gasteiger partial charge in [0.2, 0.25) is 0 Å². The fourth-order valence-corrected chi connectivity index (χ4v) is 4.03. The van der Waals surface area contributed by atoms with Gasteiger partial charge in [-0.3, -0.25) is 9.59 Å². The number of nitrogens with zero attached hydrogens (tertiary/aromatic N) is 1. The topological polar surface area (TPSA) is 106 Å². The highest BCUT2D eigenvalue weighted by Gasteiger charge is 2.46. The van der Waals surface area contributed by atoms with Crippen molar-refractivity contribution in [2.24, 2.45) is 0 Å². The number of likely N-dealkylation sites (tertiary alicyclic amines) is 1. The summed E-state index contributed by atoms with van der Waals surface area (Å²) in [7, 11) is 4.41. The molecule has 0 saturated carbocycles. The number of ether oxygens (including phenoxy) is 3. The van der Waals surface area contributed by atoms with Crippen LogP contribution in [-0.2, 0) is 14.3 Å². The van der Waals surface area contributed by atoms with E-state index < -0.39 is 17.7 Å². The van der Waals surface area contributed by atoms with Gasteiger partial charge in [-0.1, -0.05) is 6.07 Å². The lowest BCUT2D eigenvalue weighted by molar-refractivity contribution is -0.140. The highest BCUT2D eigenvalue weighted by Crippen LogP contribution is 2.42. The maximum absolute atomic E-state index is 12.9. The third-order valence-corrected chi connectivity index (χ3v) is 5.64. The second-order valence-corrected chi connectivity index (χ2v) is 7.62. The van der Waals surface area contributed by atoms with E-state index in [1.54, 1.807) is 24.3 Å². The first-order valence-corrected chi connectivity index (χ1v) is 10.1. The molecule has 164 valence electrons. The Morgan fingerprint density at radius 1 is 1.06 bits per heavy atom. The number of aliphatic hydroxyl groups excluding tert-OH is 1. The van der Waals surface area contributed by atoms with E-state index in [-0.39, 0.29) is 36.0 Å². The highest BCUT2D eigenvalue weighted by molar-refractivity contribution is 9.10. The average Bonchev–Trinajstić information content (AvgIpc) is 3.01. The third kappa shape index (κ3) is 4.24. The first-order valence-electron chi connectivity index (χ1n) is 9.32. The van der Waals surface area contributed by atoms with Crippen molar-refractivity contribution in [2.45, 2.75) is 6.04 Å². The molecule has 1 heterocycles. The number of phenolic OH excluding ortho intramolecular Hbond substituents is 1. The zero-order valence-corrected chi connectivity index (χ0v) is 18.8. The summed E-state index contributed by atoms with van der Waals surface area (Å²) in [6, 6.07) is 8.48. The number of Topliss-reactive ketones (excluding diaryl/α,β-unsaturated/α-hetero) is 1. The normalized spacial score (nSPS) is 17.8. The molecule has 0 spiro atoms. The molecule has 1 unspecified atom stereocenters. The summed E-state index contributed by atoms with van der Waals surface area (Å²) in [6.07, 6.45) is 0. The fraction of sp³-hybridized carbons (Fsp3) is 0.273. The predicted molar refractivity (Wildman–Crippen MR) is 116 cm³/mol. The molecule has 1 saturated heterocycles. The van der Waals surface area contributed by atoms with Crippen molar-refractivity contribution >= 4 is 33.4 Å². The third-order valence-electron chi connectivity index (χ3n) is 5.02. The first kappa shape index (κ1) is 22.6. The van der Waals surface area contributed by atoms with Crippen molar-refractivity contribution in [3.8, 4) is 17.2 Å². The summed E-state index contributed by atoms with van der Waals surface area (Å²) < 4.78 is 15.9. The Hall–Kier alpha value is -3.04. The van der Waals surface area contributed by atoms with Gasteiger partial charge in [-0.15, -0.1) is 0 Å². The van der Waals surface area contributed by atoms with E-state index in [1.165, 1.54) is 38.4 Å². The summed E-state index contributed by atoms with van der Waals surface area (Å²) >= 11 is 3.36. The number of methoxy groups -OCH3 is 3. The van der Waals surface area contributed by atoms with Gasteiger partial charge in [0, 0.05) is 19.2 Å². The molecule has 0 aromatic heterocycles. The number of carbonyl (C=O) groups excluding carboxylic acids is 2. The number of aromatic hydroxyl groups is 1. The van der Waals surface area contributed by atoms with Crippen LogP contribution in [0.1, 0.15) is 17.2 Å². The molecule has 1 aliphatic heterocycles. The molecule has 1 aliphatic rings. The van der Waals surface area contributed by atoms with Gasteiger partial charge < -0.3 is 29.3 Å². The second kappa shape index (κ2) is 9.40. The molecule has 0 bridgehead atoms. The summed E-state index contributed by atoms with van der Waals surface area (Å²) in [5.41, 5.74) is 0.700. The minimum absolute atomic E-state index is 0.0808. The van der Waals surface area contributed by atoms with Crippen LogP contribution in [0, 0.1) is 0 Å². The number of carbonyl (C=O) groups is 2. The molecule has 2 aromatic rings. The summed E-state index contributed by atoms with van der Waals surface area (Å²) in [6.45, 7) is 0.321. The van der Waals surface area contributed by atoms with Crippen LogP contribution in [0.4, 0.5) is 0 Å². The van der Waals surface area contributed by atoms with Gasteiger partial charge in [0.05, 0.1) is 36.9 Å². The largest absolute Gasteiger partial charge is 0.507 e. The summed E-state index contributed by atoms with van der Waals surface area (Å²) in [5, 5.41) is 21.3. The van der Waals surface area contributed by atoms with Crippen molar-refractivity contribution in [1.29, 1.82) is 0 Å². The first-order chi connectivity index (χ1) is 14.8. The van der Waals surface area contributed by atoms with Gasteiger partial charge in [-0.25, -0.2) is 0 Å². The molecule has 9 heteroatoms. The number of rotatable bonds is 7. The maximum Gasteiger partial charge on any atom is 0.295 e. The second-order valence-electron chi connectivity index (χ2n) is 6.77. The Bertz CT molecular complexity index is 1050. The molecule has 2 aromatic carbocycles. The lowest BCUT2D eigenvalue weighted by Gasteiger charge is -2.25. The molecule has 3 rings (SSSR count). The fourth-order valence-electron chi connectivity index (χ4n) is 3.49. The number of aliphatic hydroxyl groups is 1. The lowest BCUT2D eigenvalue weighted by atomic mass is 9.95. The van der Waals surface area contributed by atoms with E-state index in [9.17, 15) is 19.8 Å². The zero-order valence-electron chi connectivity index (χ0n) is 17.2. The van der Waals surface area contributed by atoms with Crippen molar-refractivity contribution in [1.82, 2.24) is 4.90 Å². The molecular weight excluding hydrogens is 470 g/mol. The lowest BCUT2D eigenvalue weighted by Crippen LogP contribution is -2.32. The molecule has 31 heavy (non-hydrogen) atoms. The minimum Gasteiger partial charge on any atom is -0.507 e. The Kier molecular flexibility index (Phi) is 6.87. The van der Waals surface area contributed by atoms with Crippen LogP contribution in [0.2, 0.25) is 0 Å². The van der Waals surface area contributed by atoms with Crippen molar-refractivity contribution in [3.63, 3.8) is 0 Å².